The van der Waals surface area contributed by atoms with Gasteiger partial charge in [0.05, 0.1) is 6.26 Å². The lowest BCUT2D eigenvalue weighted by molar-refractivity contribution is 0.519. The second-order valence-electron chi connectivity index (χ2n) is 3.05. The molecule has 0 aromatic rings. The average molecular weight is 161 g/mol. The van der Waals surface area contributed by atoms with E-state index in [1.165, 1.54) is 11.1 Å². The van der Waals surface area contributed by atoms with Crippen LogP contribution in [0.4, 0.5) is 5.69 Å². The number of hydrogen-bond donors (Lipinski definition) is 1. The molecule has 62 valence electrons. The van der Waals surface area contributed by atoms with E-state index in [0.717, 1.165) is 17.0 Å². The molecule has 0 saturated heterocycles. The quantitative estimate of drug-likeness (QED) is 0.645. The van der Waals surface area contributed by atoms with E-state index < -0.39 is 0 Å². The SMILES string of the molecule is Cc1cc(N)c2c(C)occc1-2. The Kier molecular flexibility index (Phi) is 1.37. The fourth-order valence-corrected chi connectivity index (χ4v) is 1.61. The van der Waals surface area contributed by atoms with Gasteiger partial charge in [-0.05, 0) is 37.1 Å². The number of aryl methyl sites for hydroxylation is 2. The Morgan fingerprint density at radius 3 is 2.75 bits per heavy atom. The Bertz CT molecular complexity index is 389. The molecule has 12 heavy (non-hydrogen) atoms. The Hall–Kier alpha value is -1.44. The lowest BCUT2D eigenvalue weighted by Gasteiger charge is -2.03. The fourth-order valence-electron chi connectivity index (χ4n) is 1.61. The summed E-state index contributed by atoms with van der Waals surface area (Å²) in [4.78, 5) is 0. The third-order valence-electron chi connectivity index (χ3n) is 2.19. The first-order valence-electron chi connectivity index (χ1n) is 3.93. The van der Waals surface area contributed by atoms with Crippen molar-refractivity contribution in [2.45, 2.75) is 13.8 Å². The number of nitrogen functional groups attached to an aromatic ring is 1. The third kappa shape index (κ3) is 0.811. The van der Waals surface area contributed by atoms with Gasteiger partial charge in [-0.25, -0.2) is 0 Å². The molecule has 0 atom stereocenters. The lowest BCUT2D eigenvalue weighted by atomic mass is 10.1. The summed E-state index contributed by atoms with van der Waals surface area (Å²) in [7, 11) is 0. The monoisotopic (exact) mass is 161 g/mol. The Labute approximate surface area is 71.3 Å². The van der Waals surface area contributed by atoms with E-state index in [1.807, 2.05) is 19.1 Å². The highest BCUT2D eigenvalue weighted by Gasteiger charge is 2.14. The molecular formula is C10H11NO. The van der Waals surface area contributed by atoms with Crippen LogP contribution in [0.2, 0.25) is 0 Å². The molecule has 2 nitrogen and oxygen atoms in total. The average Bonchev–Trinajstić information content (AvgIpc) is 2.29. The maximum atomic E-state index is 5.82. The summed E-state index contributed by atoms with van der Waals surface area (Å²) in [6, 6.07) is 3.93. The number of nitrogens with two attached hydrogens (primary N) is 1. The van der Waals surface area contributed by atoms with Crippen LogP contribution in [0.15, 0.2) is 22.8 Å². The standard InChI is InChI=1S/C10H11NO/c1-6-5-9(11)10-7(2)12-4-3-8(6)10/h3-5H,11H2,1-2H3. The summed E-state index contributed by atoms with van der Waals surface area (Å²) in [6.07, 6.45) is 1.70. The van der Waals surface area contributed by atoms with Crippen LogP contribution in [0.3, 0.4) is 0 Å². The van der Waals surface area contributed by atoms with E-state index in [9.17, 15) is 0 Å². The van der Waals surface area contributed by atoms with Gasteiger partial charge in [0, 0.05) is 11.3 Å². The molecule has 2 heteroatoms. The van der Waals surface area contributed by atoms with Crippen molar-refractivity contribution in [2.24, 2.45) is 0 Å². The molecule has 0 unspecified atom stereocenters. The second-order valence-corrected chi connectivity index (χ2v) is 3.05. The first-order valence-corrected chi connectivity index (χ1v) is 3.93. The van der Waals surface area contributed by atoms with Gasteiger partial charge in [-0.2, -0.15) is 0 Å². The molecule has 0 spiro atoms. The summed E-state index contributed by atoms with van der Waals surface area (Å²) in [5.41, 5.74) is 10.1. The smallest absolute Gasteiger partial charge is 0.110 e. The minimum Gasteiger partial charge on any atom is -0.469 e. The maximum absolute atomic E-state index is 5.82. The van der Waals surface area contributed by atoms with Crippen molar-refractivity contribution in [1.29, 1.82) is 0 Å². The molecule has 0 aromatic heterocycles. The van der Waals surface area contributed by atoms with Crippen LogP contribution in [-0.2, 0) is 0 Å². The summed E-state index contributed by atoms with van der Waals surface area (Å²) in [5.74, 6) is 0.887. The van der Waals surface area contributed by atoms with Crippen LogP contribution < -0.4 is 5.73 Å². The van der Waals surface area contributed by atoms with E-state index in [4.69, 9.17) is 10.2 Å². The van der Waals surface area contributed by atoms with Crippen molar-refractivity contribution in [3.05, 3.63) is 29.7 Å². The van der Waals surface area contributed by atoms with Gasteiger partial charge in [0.1, 0.15) is 5.76 Å². The number of rotatable bonds is 0. The Morgan fingerprint density at radius 1 is 1.33 bits per heavy atom. The number of fused-ring (bicyclic) bond motifs is 1. The molecule has 1 heterocycles. The molecule has 0 radical (unpaired) electrons. The van der Waals surface area contributed by atoms with E-state index in [-0.39, 0.29) is 0 Å². The first kappa shape index (κ1) is 7.22. The molecule has 0 fully saturated rings. The minimum atomic E-state index is 0.810. The first-order chi connectivity index (χ1) is 5.70. The molecular weight excluding hydrogens is 150 g/mol. The normalized spacial score (nSPS) is 10.8. The lowest BCUT2D eigenvalue weighted by Crippen LogP contribution is -1.87. The van der Waals surface area contributed by atoms with E-state index in [0.29, 0.717) is 0 Å². The van der Waals surface area contributed by atoms with Crippen molar-refractivity contribution in [3.8, 4) is 11.1 Å². The molecule has 2 rings (SSSR count). The van der Waals surface area contributed by atoms with Gasteiger partial charge >= 0.3 is 0 Å². The van der Waals surface area contributed by atoms with E-state index in [2.05, 4.69) is 6.92 Å². The summed E-state index contributed by atoms with van der Waals surface area (Å²) in [5, 5.41) is 0. The number of anilines is 1. The van der Waals surface area contributed by atoms with Crippen LogP contribution in [-0.4, -0.2) is 0 Å². The van der Waals surface area contributed by atoms with Gasteiger partial charge in [0.2, 0.25) is 0 Å². The highest BCUT2D eigenvalue weighted by Crippen LogP contribution is 2.36. The van der Waals surface area contributed by atoms with E-state index >= 15 is 0 Å². The van der Waals surface area contributed by atoms with Crippen LogP contribution in [0.25, 0.3) is 11.1 Å². The number of hydrogen-bond acceptors (Lipinski definition) is 2. The highest BCUT2D eigenvalue weighted by molar-refractivity contribution is 5.84. The molecule has 0 amide bonds. The summed E-state index contributed by atoms with van der Waals surface area (Å²) >= 11 is 0. The van der Waals surface area contributed by atoms with Crippen molar-refractivity contribution < 1.29 is 4.42 Å². The molecule has 2 aliphatic rings. The Morgan fingerprint density at radius 2 is 2.08 bits per heavy atom. The van der Waals surface area contributed by atoms with Gasteiger partial charge < -0.3 is 10.2 Å². The molecule has 2 N–H and O–H groups in total. The predicted octanol–water partition coefficient (Wildman–Crippen LogP) is 2.58. The van der Waals surface area contributed by atoms with Gasteiger partial charge in [-0.3, -0.25) is 0 Å². The third-order valence-corrected chi connectivity index (χ3v) is 2.19. The topological polar surface area (TPSA) is 39.2 Å². The molecule has 1 aliphatic heterocycles. The maximum Gasteiger partial charge on any atom is 0.110 e. The molecule has 1 aliphatic carbocycles. The predicted molar refractivity (Wildman–Crippen MR) is 49.2 cm³/mol. The van der Waals surface area contributed by atoms with Crippen molar-refractivity contribution in [1.82, 2.24) is 0 Å². The highest BCUT2D eigenvalue weighted by atomic mass is 16.3. The molecule has 0 bridgehead atoms. The van der Waals surface area contributed by atoms with Gasteiger partial charge in [0.15, 0.2) is 0 Å². The molecule has 0 aromatic carbocycles. The Balaban J connectivity index is 2.85. The van der Waals surface area contributed by atoms with Gasteiger partial charge in [-0.1, -0.05) is 0 Å². The summed E-state index contributed by atoms with van der Waals surface area (Å²) in [6.45, 7) is 3.98. The van der Waals surface area contributed by atoms with Crippen LogP contribution >= 0.6 is 0 Å². The zero-order chi connectivity index (χ0) is 8.72. The largest absolute Gasteiger partial charge is 0.469 e. The van der Waals surface area contributed by atoms with E-state index in [1.54, 1.807) is 6.26 Å². The zero-order valence-corrected chi connectivity index (χ0v) is 7.22. The van der Waals surface area contributed by atoms with Crippen LogP contribution in [0, 0.1) is 13.8 Å². The minimum absolute atomic E-state index is 0.810. The van der Waals surface area contributed by atoms with Crippen molar-refractivity contribution in [2.75, 3.05) is 5.73 Å². The van der Waals surface area contributed by atoms with Crippen LogP contribution in [0.5, 0.6) is 0 Å². The van der Waals surface area contributed by atoms with Gasteiger partial charge in [-0.15, -0.1) is 0 Å². The van der Waals surface area contributed by atoms with Crippen LogP contribution in [0.1, 0.15) is 11.3 Å². The fraction of sp³-hybridized carbons (Fsp3) is 0.200. The van der Waals surface area contributed by atoms with Crippen molar-refractivity contribution in [3.63, 3.8) is 0 Å². The zero-order valence-electron chi connectivity index (χ0n) is 7.22. The summed E-state index contributed by atoms with van der Waals surface area (Å²) < 4.78 is 5.25. The van der Waals surface area contributed by atoms with Gasteiger partial charge in [0.25, 0.3) is 0 Å². The molecule has 0 saturated carbocycles. The second kappa shape index (κ2) is 2.27. The van der Waals surface area contributed by atoms with Crippen molar-refractivity contribution >= 4 is 5.69 Å².